The molecule has 2 N–H and O–H groups in total. The first-order chi connectivity index (χ1) is 23.0. The Kier molecular flexibility index (Phi) is 31.6. The van der Waals surface area contributed by atoms with Crippen molar-refractivity contribution in [3.8, 4) is 11.5 Å². The van der Waals surface area contributed by atoms with Gasteiger partial charge in [-0.1, -0.05) is 109 Å². The third-order valence-electron chi connectivity index (χ3n) is 6.10. The van der Waals surface area contributed by atoms with Gasteiger partial charge in [0.1, 0.15) is 0 Å². The van der Waals surface area contributed by atoms with Crippen LogP contribution < -0.4 is 20.4 Å². The zero-order chi connectivity index (χ0) is 35.6. The number of rotatable bonds is 12. The molecule has 13 heteroatoms. The van der Waals surface area contributed by atoms with E-state index in [0.29, 0.717) is 11.1 Å². The topological polar surface area (TPSA) is 189 Å². The molecular formula is C38H46N4Ni2O7+2. The summed E-state index contributed by atoms with van der Waals surface area (Å²) in [5, 5.41) is 42.8. The van der Waals surface area contributed by atoms with Crippen molar-refractivity contribution in [2.24, 2.45) is 9.98 Å². The largest absolute Gasteiger partial charge is 3.00 e. The average molecular weight is 788 g/mol. The van der Waals surface area contributed by atoms with E-state index in [1.807, 2.05) is 40.3 Å². The smallest absolute Gasteiger partial charge is 0.872 e. The molecule has 0 aliphatic rings. The summed E-state index contributed by atoms with van der Waals surface area (Å²) in [6, 6.07) is 30.0. The molecule has 4 aromatic rings. The van der Waals surface area contributed by atoms with Crippen LogP contribution in [0.25, 0.3) is 0 Å². The molecular weight excluding hydrogens is 742 g/mol. The molecule has 0 aromatic heterocycles. The number of carbonyl (C=O) groups excluding carboxylic acids is 2. The van der Waals surface area contributed by atoms with Crippen molar-refractivity contribution in [1.29, 1.82) is 0 Å². The van der Waals surface area contributed by atoms with E-state index in [0.717, 1.165) is 39.0 Å². The van der Waals surface area contributed by atoms with Gasteiger partial charge in [0.05, 0.1) is 11.9 Å². The number of nitrogens with zero attached hydrogens (tertiary/aromatic N) is 4. The summed E-state index contributed by atoms with van der Waals surface area (Å²) in [6.07, 6.45) is 5.37. The van der Waals surface area contributed by atoms with E-state index in [-0.39, 0.29) is 61.1 Å². The summed E-state index contributed by atoms with van der Waals surface area (Å²) in [4.78, 5) is 32.9. The van der Waals surface area contributed by atoms with Crippen LogP contribution >= 0.6 is 0 Å². The SMILES string of the molecule is CN(C)CCCN=Cc1ccccc1[O-].CN(C)CCCN=Cc1ccccc1[O-].O.O=C([O-])c1ccccc1.O=C([O-])c1ccccc1.[Ni+3].[Ni+3]. The van der Waals surface area contributed by atoms with Crippen molar-refractivity contribution in [2.45, 2.75) is 12.8 Å². The number of carbonyl (C=O) groups is 2. The number of carboxylic acids is 2. The van der Waals surface area contributed by atoms with Gasteiger partial charge in [0, 0.05) is 25.5 Å². The first-order valence-corrected chi connectivity index (χ1v) is 15.3. The summed E-state index contributed by atoms with van der Waals surface area (Å²) < 4.78 is 0. The van der Waals surface area contributed by atoms with E-state index in [1.165, 1.54) is 24.3 Å². The van der Waals surface area contributed by atoms with Crippen LogP contribution in [0.4, 0.5) is 0 Å². The van der Waals surface area contributed by atoms with Crippen molar-refractivity contribution in [3.63, 3.8) is 0 Å². The average Bonchev–Trinajstić information content (AvgIpc) is 3.07. The maximum atomic E-state index is 11.3. The molecule has 0 heterocycles. The van der Waals surface area contributed by atoms with Crippen LogP contribution in [-0.2, 0) is 33.0 Å². The number of benzene rings is 4. The Bertz CT molecular complexity index is 1410. The number of hydrogen-bond acceptors (Lipinski definition) is 10. The van der Waals surface area contributed by atoms with E-state index in [1.54, 1.807) is 85.2 Å². The van der Waals surface area contributed by atoms with Crippen LogP contribution in [0.3, 0.4) is 0 Å². The van der Waals surface area contributed by atoms with Crippen molar-refractivity contribution < 1.29 is 68.5 Å². The van der Waals surface area contributed by atoms with Gasteiger partial charge in [0.15, 0.2) is 0 Å². The summed E-state index contributed by atoms with van der Waals surface area (Å²) >= 11 is 0. The molecule has 51 heavy (non-hydrogen) atoms. The molecule has 0 atom stereocenters. The normalized spacial score (nSPS) is 9.84. The molecule has 0 saturated carbocycles. The van der Waals surface area contributed by atoms with Crippen LogP contribution in [0, 0.1) is 0 Å². The summed E-state index contributed by atoms with van der Waals surface area (Å²) in [7, 11) is 8.15. The van der Waals surface area contributed by atoms with Crippen LogP contribution in [0.5, 0.6) is 11.5 Å². The Balaban J connectivity index is -0.000000606. The zero-order valence-electron chi connectivity index (χ0n) is 29.2. The van der Waals surface area contributed by atoms with Gasteiger partial charge in [0.25, 0.3) is 0 Å². The summed E-state index contributed by atoms with van der Waals surface area (Å²) in [5.74, 6) is -2.19. The predicted molar refractivity (Wildman–Crippen MR) is 188 cm³/mol. The first-order valence-electron chi connectivity index (χ1n) is 15.3. The molecule has 0 aliphatic heterocycles. The number of aliphatic imine (C=N–C) groups is 2. The summed E-state index contributed by atoms with van der Waals surface area (Å²) in [6.45, 7) is 3.59. The van der Waals surface area contributed by atoms with Crippen molar-refractivity contribution >= 4 is 24.4 Å². The number of carboxylic acid groups (broad SMARTS) is 2. The number of aromatic carboxylic acids is 2. The third kappa shape index (κ3) is 26.2. The van der Waals surface area contributed by atoms with Gasteiger partial charge in [-0.3, -0.25) is 9.98 Å². The fourth-order valence-corrected chi connectivity index (χ4v) is 3.61. The van der Waals surface area contributed by atoms with Gasteiger partial charge in [-0.15, -0.1) is 11.5 Å². The monoisotopic (exact) mass is 786 g/mol. The van der Waals surface area contributed by atoms with E-state index < -0.39 is 11.9 Å². The Labute approximate surface area is 321 Å². The van der Waals surface area contributed by atoms with Crippen molar-refractivity contribution in [1.82, 2.24) is 9.80 Å². The molecule has 0 amide bonds. The molecule has 0 fully saturated rings. The molecule has 0 bridgehead atoms. The maximum absolute atomic E-state index is 11.3. The van der Waals surface area contributed by atoms with Gasteiger partial charge in [-0.25, -0.2) is 0 Å². The van der Waals surface area contributed by atoms with Crippen LogP contribution in [-0.4, -0.2) is 94.0 Å². The molecule has 2 radical (unpaired) electrons. The Morgan fingerprint density at radius 2 is 0.843 bits per heavy atom. The second-order valence-electron chi connectivity index (χ2n) is 10.8. The molecule has 4 aromatic carbocycles. The third-order valence-corrected chi connectivity index (χ3v) is 6.10. The Morgan fingerprint density at radius 1 is 0.549 bits per heavy atom. The van der Waals surface area contributed by atoms with Crippen LogP contribution in [0.15, 0.2) is 119 Å². The fraction of sp³-hybridized carbons (Fsp3) is 0.263. The Morgan fingerprint density at radius 3 is 1.10 bits per heavy atom. The van der Waals surface area contributed by atoms with Gasteiger partial charge >= 0.3 is 33.0 Å². The van der Waals surface area contributed by atoms with Crippen LogP contribution in [0.2, 0.25) is 0 Å². The van der Waals surface area contributed by atoms with Crippen molar-refractivity contribution in [2.75, 3.05) is 54.4 Å². The second kappa shape index (κ2) is 31.6. The molecule has 0 aliphatic carbocycles. The van der Waals surface area contributed by atoms with E-state index in [2.05, 4.69) is 19.8 Å². The van der Waals surface area contributed by atoms with Gasteiger partial charge in [-0.2, -0.15) is 0 Å². The second-order valence-corrected chi connectivity index (χ2v) is 10.8. The Hall–Kier alpha value is -4.37. The fourth-order valence-electron chi connectivity index (χ4n) is 3.61. The first kappa shape index (κ1) is 51.0. The van der Waals surface area contributed by atoms with E-state index in [9.17, 15) is 30.0 Å². The molecule has 11 nitrogen and oxygen atoms in total. The molecule has 0 spiro atoms. The standard InChI is InChI=1S/2C12H18N2O.2C7H6O2.2Ni.H2O/c2*1-14(2)9-5-8-13-10-11-6-3-4-7-12(11)15;2*8-7(9)6-4-2-1-3-5-6;;;/h2*3-4,6-7,10,15H,5,8-9H2,1-2H3;2*1-5H,(H,8,9);;;1H2/q;;;;2*+3;/p-4. The minimum atomic E-state index is -1.13. The quantitative estimate of drug-likeness (QED) is 0.117. The summed E-state index contributed by atoms with van der Waals surface area (Å²) in [5.41, 5.74) is 1.78. The molecule has 0 saturated heterocycles. The van der Waals surface area contributed by atoms with E-state index in [4.69, 9.17) is 0 Å². The molecule has 278 valence electrons. The van der Waals surface area contributed by atoms with Gasteiger partial charge < -0.3 is 45.3 Å². The predicted octanol–water partition coefficient (Wildman–Crippen LogP) is 1.53. The minimum Gasteiger partial charge on any atom is -0.872 e. The maximum Gasteiger partial charge on any atom is 3.00 e. The molecule has 4 rings (SSSR count). The van der Waals surface area contributed by atoms with Gasteiger partial charge in [0.2, 0.25) is 0 Å². The van der Waals surface area contributed by atoms with Crippen LogP contribution in [0.1, 0.15) is 44.7 Å². The number of hydrogen-bond donors (Lipinski definition) is 0. The number of para-hydroxylation sites is 2. The van der Waals surface area contributed by atoms with Crippen molar-refractivity contribution in [3.05, 3.63) is 131 Å². The van der Waals surface area contributed by atoms with E-state index >= 15 is 0 Å². The minimum absolute atomic E-state index is 0. The van der Waals surface area contributed by atoms with Gasteiger partial charge in [-0.05, 0) is 76.4 Å². The zero-order valence-corrected chi connectivity index (χ0v) is 31.1. The molecule has 0 unspecified atom stereocenters.